The molecule has 1 N–H and O–H groups in total. The van der Waals surface area contributed by atoms with Crippen LogP contribution in [0.4, 0.5) is 0 Å². The van der Waals surface area contributed by atoms with Crippen molar-refractivity contribution in [2.75, 3.05) is 33.8 Å². The summed E-state index contributed by atoms with van der Waals surface area (Å²) in [7, 11) is 3.23. The highest BCUT2D eigenvalue weighted by atomic mass is 127. The minimum atomic E-state index is -0.108. The first kappa shape index (κ1) is 22.5. The fourth-order valence-electron chi connectivity index (χ4n) is 3.01. The fourth-order valence-corrected chi connectivity index (χ4v) is 3.01. The maximum atomic E-state index is 11.6. The van der Waals surface area contributed by atoms with Crippen LogP contribution in [0.25, 0.3) is 0 Å². The Kier molecular flexibility index (Phi) is 9.75. The van der Waals surface area contributed by atoms with E-state index in [1.54, 1.807) is 7.05 Å². The highest BCUT2D eigenvalue weighted by molar-refractivity contribution is 14.0. The summed E-state index contributed by atoms with van der Waals surface area (Å²) in [4.78, 5) is 18.2. The van der Waals surface area contributed by atoms with Crippen molar-refractivity contribution >= 4 is 35.9 Å². The first-order valence-electron chi connectivity index (χ1n) is 8.80. The van der Waals surface area contributed by atoms with Gasteiger partial charge in [-0.3, -0.25) is 9.79 Å². The third-order valence-corrected chi connectivity index (χ3v) is 4.51. The topological polar surface area (TPSA) is 63.2 Å². The summed E-state index contributed by atoms with van der Waals surface area (Å²) < 4.78 is 10.8. The van der Waals surface area contributed by atoms with Crippen LogP contribution in [0.1, 0.15) is 25.3 Å². The van der Waals surface area contributed by atoms with Gasteiger partial charge in [0, 0.05) is 20.1 Å². The number of rotatable bonds is 5. The largest absolute Gasteiger partial charge is 0.489 e. The number of para-hydroxylation sites is 1. The molecule has 1 heterocycles. The Morgan fingerprint density at radius 1 is 1.35 bits per heavy atom. The van der Waals surface area contributed by atoms with Crippen molar-refractivity contribution < 1.29 is 14.3 Å². The van der Waals surface area contributed by atoms with Crippen molar-refractivity contribution in [1.82, 2.24) is 10.2 Å². The molecule has 1 aromatic carbocycles. The molecule has 1 saturated heterocycles. The molecule has 1 atom stereocenters. The molecular formula is C19H30IN3O3. The number of esters is 1. The molecule has 26 heavy (non-hydrogen) atoms. The van der Waals surface area contributed by atoms with Crippen molar-refractivity contribution in [3.63, 3.8) is 0 Å². The Morgan fingerprint density at radius 2 is 2.00 bits per heavy atom. The first-order chi connectivity index (χ1) is 12.0. The summed E-state index contributed by atoms with van der Waals surface area (Å²) in [6.07, 6.45) is 1.61. The minimum absolute atomic E-state index is 0. The number of aryl methyl sites for hydroxylation is 1. The highest BCUT2D eigenvalue weighted by Gasteiger charge is 2.27. The molecule has 0 spiro atoms. The normalized spacial score (nSPS) is 16.5. The number of halogens is 1. The van der Waals surface area contributed by atoms with Crippen LogP contribution in [0, 0.1) is 12.8 Å². The predicted octanol–water partition coefficient (Wildman–Crippen LogP) is 2.84. The van der Waals surface area contributed by atoms with E-state index in [1.807, 2.05) is 38.1 Å². The number of carbonyl (C=O) groups is 1. The van der Waals surface area contributed by atoms with Crippen LogP contribution < -0.4 is 10.1 Å². The van der Waals surface area contributed by atoms with Gasteiger partial charge in [0.15, 0.2) is 5.96 Å². The number of nitrogens with zero attached hydrogens (tertiary/aromatic N) is 2. The monoisotopic (exact) mass is 475 g/mol. The average molecular weight is 475 g/mol. The third-order valence-electron chi connectivity index (χ3n) is 4.51. The molecule has 0 radical (unpaired) electrons. The van der Waals surface area contributed by atoms with Crippen molar-refractivity contribution in [1.29, 1.82) is 0 Å². The standard InChI is InChI=1S/C19H29N3O3.HI/c1-14-7-5-6-8-17(14)25-15(2)13-21-19(20-3)22-11-9-16(10-12-22)18(23)24-4;/h5-8,15-16H,9-13H2,1-4H3,(H,20,21);1H. The fraction of sp³-hybridized carbons (Fsp3) is 0.579. The van der Waals surface area contributed by atoms with E-state index < -0.39 is 0 Å². The quantitative estimate of drug-likeness (QED) is 0.307. The van der Waals surface area contributed by atoms with Gasteiger partial charge in [-0.2, -0.15) is 0 Å². The zero-order chi connectivity index (χ0) is 18.2. The third kappa shape index (κ3) is 6.34. The van der Waals surface area contributed by atoms with E-state index >= 15 is 0 Å². The number of nitrogens with one attached hydrogen (secondary N) is 1. The van der Waals surface area contributed by atoms with Gasteiger partial charge in [0.25, 0.3) is 0 Å². The van der Waals surface area contributed by atoms with Crippen molar-refractivity contribution in [2.45, 2.75) is 32.8 Å². The lowest BCUT2D eigenvalue weighted by atomic mass is 9.97. The predicted molar refractivity (Wildman–Crippen MR) is 114 cm³/mol. The molecule has 2 rings (SSSR count). The van der Waals surface area contributed by atoms with E-state index in [1.165, 1.54) is 7.11 Å². The van der Waals surface area contributed by atoms with Gasteiger partial charge in [-0.25, -0.2) is 0 Å². The van der Waals surface area contributed by atoms with Crippen LogP contribution in [-0.4, -0.2) is 56.7 Å². The highest BCUT2D eigenvalue weighted by Crippen LogP contribution is 2.19. The molecular weight excluding hydrogens is 445 g/mol. The molecule has 1 fully saturated rings. The van der Waals surface area contributed by atoms with Gasteiger partial charge in [0.2, 0.25) is 0 Å². The van der Waals surface area contributed by atoms with E-state index in [9.17, 15) is 4.79 Å². The molecule has 1 aliphatic rings. The number of methoxy groups -OCH3 is 1. The summed E-state index contributed by atoms with van der Waals surface area (Å²) in [5.74, 6) is 1.65. The van der Waals surface area contributed by atoms with Gasteiger partial charge in [-0.15, -0.1) is 24.0 Å². The Bertz CT molecular complexity index is 601. The molecule has 1 aromatic rings. The molecule has 0 aliphatic carbocycles. The van der Waals surface area contributed by atoms with Crippen molar-refractivity contribution in [3.8, 4) is 5.75 Å². The van der Waals surface area contributed by atoms with Crippen molar-refractivity contribution in [3.05, 3.63) is 29.8 Å². The summed E-state index contributed by atoms with van der Waals surface area (Å²) in [5, 5.41) is 3.37. The van der Waals surface area contributed by atoms with Crippen LogP contribution in [0.15, 0.2) is 29.3 Å². The Labute approximate surface area is 173 Å². The molecule has 0 saturated carbocycles. The van der Waals surface area contributed by atoms with Crippen LogP contribution >= 0.6 is 24.0 Å². The van der Waals surface area contributed by atoms with Gasteiger partial charge in [-0.1, -0.05) is 18.2 Å². The van der Waals surface area contributed by atoms with E-state index in [-0.39, 0.29) is 42.0 Å². The number of ether oxygens (including phenoxy) is 2. The second-order valence-corrected chi connectivity index (χ2v) is 6.41. The molecule has 7 heteroatoms. The van der Waals surface area contributed by atoms with E-state index in [0.717, 1.165) is 43.2 Å². The molecule has 146 valence electrons. The minimum Gasteiger partial charge on any atom is -0.489 e. The van der Waals surface area contributed by atoms with Gasteiger partial charge in [0.1, 0.15) is 11.9 Å². The molecule has 1 unspecified atom stereocenters. The lowest BCUT2D eigenvalue weighted by molar-refractivity contribution is -0.146. The number of hydrogen-bond donors (Lipinski definition) is 1. The second kappa shape index (κ2) is 11.3. The number of hydrogen-bond acceptors (Lipinski definition) is 4. The number of piperidine rings is 1. The maximum absolute atomic E-state index is 11.6. The molecule has 0 amide bonds. The summed E-state index contributed by atoms with van der Waals surface area (Å²) >= 11 is 0. The lowest BCUT2D eigenvalue weighted by Crippen LogP contribution is -2.48. The summed E-state index contributed by atoms with van der Waals surface area (Å²) in [5.41, 5.74) is 1.13. The first-order valence-corrected chi connectivity index (χ1v) is 8.80. The van der Waals surface area contributed by atoms with Crippen LogP contribution in [0.2, 0.25) is 0 Å². The van der Waals surface area contributed by atoms with E-state index in [2.05, 4.69) is 15.2 Å². The Balaban J connectivity index is 0.00000338. The number of guanidine groups is 1. The Morgan fingerprint density at radius 3 is 2.58 bits per heavy atom. The van der Waals surface area contributed by atoms with Crippen molar-refractivity contribution in [2.24, 2.45) is 10.9 Å². The zero-order valence-electron chi connectivity index (χ0n) is 16.0. The lowest BCUT2D eigenvalue weighted by Gasteiger charge is -2.33. The molecule has 0 aromatic heterocycles. The maximum Gasteiger partial charge on any atom is 0.308 e. The molecule has 1 aliphatic heterocycles. The summed E-state index contributed by atoms with van der Waals surface area (Å²) in [6.45, 7) is 6.34. The van der Waals surface area contributed by atoms with Crippen LogP contribution in [-0.2, 0) is 9.53 Å². The second-order valence-electron chi connectivity index (χ2n) is 6.41. The zero-order valence-corrected chi connectivity index (χ0v) is 18.4. The van der Waals surface area contributed by atoms with E-state index in [4.69, 9.17) is 9.47 Å². The van der Waals surface area contributed by atoms with Crippen LogP contribution in [0.5, 0.6) is 5.75 Å². The SMILES string of the molecule is CN=C(NCC(C)Oc1ccccc1C)N1CCC(C(=O)OC)CC1.I. The van der Waals surface area contributed by atoms with Gasteiger partial charge >= 0.3 is 5.97 Å². The summed E-state index contributed by atoms with van der Waals surface area (Å²) in [6, 6.07) is 8.01. The number of aliphatic imine (C=N–C) groups is 1. The number of likely N-dealkylation sites (tertiary alicyclic amines) is 1. The smallest absolute Gasteiger partial charge is 0.308 e. The van der Waals surface area contributed by atoms with Gasteiger partial charge < -0.3 is 19.7 Å². The van der Waals surface area contributed by atoms with Gasteiger partial charge in [0.05, 0.1) is 19.6 Å². The molecule has 0 bridgehead atoms. The van der Waals surface area contributed by atoms with Gasteiger partial charge in [-0.05, 0) is 38.3 Å². The molecule has 6 nitrogen and oxygen atoms in total. The van der Waals surface area contributed by atoms with E-state index in [0.29, 0.717) is 6.54 Å². The average Bonchev–Trinajstić information content (AvgIpc) is 2.64. The number of carbonyl (C=O) groups excluding carboxylic acids is 1. The Hall–Kier alpha value is -1.51. The number of benzene rings is 1. The van der Waals surface area contributed by atoms with Crippen LogP contribution in [0.3, 0.4) is 0 Å².